The first-order valence-corrected chi connectivity index (χ1v) is 6.13. The summed E-state index contributed by atoms with van der Waals surface area (Å²) in [5, 5.41) is 10.6. The van der Waals surface area contributed by atoms with Crippen molar-refractivity contribution in [2.24, 2.45) is 0 Å². The molecule has 1 N–H and O–H groups in total. The summed E-state index contributed by atoms with van der Waals surface area (Å²) in [6.45, 7) is 7.37. The van der Waals surface area contributed by atoms with E-state index in [0.29, 0.717) is 22.8 Å². The number of aromatic hydroxyl groups is 1. The molecule has 2 rings (SSSR count). The number of carbonyl (C=O) groups is 1. The summed E-state index contributed by atoms with van der Waals surface area (Å²) < 4.78 is 5.25. The molecule has 0 amide bonds. The predicted molar refractivity (Wildman–Crippen MR) is 73.1 cm³/mol. The number of hydrogen-bond acceptors (Lipinski definition) is 4. The van der Waals surface area contributed by atoms with Crippen LogP contribution in [0.25, 0.3) is 11.0 Å². The number of aldehydes is 1. The van der Waals surface area contributed by atoms with Crippen LogP contribution in [0, 0.1) is 13.8 Å². The van der Waals surface area contributed by atoms with Gasteiger partial charge in [-0.3, -0.25) is 4.79 Å². The van der Waals surface area contributed by atoms with Gasteiger partial charge in [0.05, 0.1) is 5.56 Å². The van der Waals surface area contributed by atoms with E-state index in [0.717, 1.165) is 5.56 Å². The molecule has 1 aromatic carbocycles. The summed E-state index contributed by atoms with van der Waals surface area (Å²) >= 11 is 0. The molecule has 0 radical (unpaired) electrons. The van der Waals surface area contributed by atoms with Crippen LogP contribution in [0.4, 0.5) is 0 Å². The lowest BCUT2D eigenvalue weighted by Crippen LogP contribution is -2.12. The van der Waals surface area contributed by atoms with Crippen LogP contribution < -0.4 is 5.63 Å². The van der Waals surface area contributed by atoms with Gasteiger partial charge in [-0.1, -0.05) is 13.8 Å². The van der Waals surface area contributed by atoms with Crippen LogP contribution in [0.3, 0.4) is 0 Å². The third-order valence-corrected chi connectivity index (χ3v) is 3.40. The zero-order valence-electron chi connectivity index (χ0n) is 11.4. The zero-order chi connectivity index (χ0) is 14.3. The highest BCUT2D eigenvalue weighted by Crippen LogP contribution is 2.32. The van der Waals surface area contributed by atoms with Crippen LogP contribution in [0.5, 0.6) is 5.75 Å². The average molecular weight is 260 g/mol. The number of fused-ring (bicyclic) bond motifs is 1. The molecule has 0 saturated heterocycles. The third-order valence-electron chi connectivity index (χ3n) is 3.40. The number of hydrogen-bond donors (Lipinski definition) is 1. The van der Waals surface area contributed by atoms with Crippen LogP contribution >= 0.6 is 0 Å². The fourth-order valence-electron chi connectivity index (χ4n) is 2.43. The van der Waals surface area contributed by atoms with Gasteiger partial charge >= 0.3 is 5.63 Å². The topological polar surface area (TPSA) is 67.5 Å². The molecule has 0 spiro atoms. The minimum atomic E-state index is -0.452. The molecule has 4 nitrogen and oxygen atoms in total. The predicted octanol–water partition coefficient (Wildman–Crippen LogP) is 3.05. The van der Waals surface area contributed by atoms with Crippen LogP contribution in [0.2, 0.25) is 0 Å². The van der Waals surface area contributed by atoms with Crippen molar-refractivity contribution in [2.75, 3.05) is 0 Å². The van der Waals surface area contributed by atoms with Crippen molar-refractivity contribution in [1.29, 1.82) is 0 Å². The molecule has 0 aliphatic heterocycles. The fraction of sp³-hybridized carbons (Fsp3) is 0.333. The molecular weight excluding hydrogens is 244 g/mol. The third kappa shape index (κ3) is 1.93. The van der Waals surface area contributed by atoms with Crippen molar-refractivity contribution in [3.63, 3.8) is 0 Å². The SMILES string of the molecule is Cc1cc2c(C)c(C(C)C)c(=O)oc2c(C=O)c1O. The Hall–Kier alpha value is -2.10. The Bertz CT molecular complexity index is 723. The van der Waals surface area contributed by atoms with Gasteiger partial charge in [-0.15, -0.1) is 0 Å². The second kappa shape index (κ2) is 4.53. The molecule has 0 saturated carbocycles. The van der Waals surface area contributed by atoms with Crippen molar-refractivity contribution in [2.45, 2.75) is 33.6 Å². The van der Waals surface area contributed by atoms with Crippen molar-refractivity contribution < 1.29 is 14.3 Å². The molecule has 0 atom stereocenters. The standard InChI is InChI=1S/C15H16O4/c1-7(2)12-9(4)10-5-8(3)13(17)11(6-16)14(10)19-15(12)18/h5-7,17H,1-4H3. The molecule has 0 bridgehead atoms. The molecule has 0 fully saturated rings. The summed E-state index contributed by atoms with van der Waals surface area (Å²) in [5.74, 6) is -0.100. The molecule has 1 heterocycles. The first-order valence-electron chi connectivity index (χ1n) is 6.13. The first kappa shape index (κ1) is 13.3. The van der Waals surface area contributed by atoms with Gasteiger partial charge in [0.25, 0.3) is 0 Å². The van der Waals surface area contributed by atoms with Crippen LogP contribution in [-0.2, 0) is 0 Å². The lowest BCUT2D eigenvalue weighted by atomic mass is 9.95. The lowest BCUT2D eigenvalue weighted by Gasteiger charge is -2.13. The van der Waals surface area contributed by atoms with Crippen LogP contribution in [0.15, 0.2) is 15.3 Å². The summed E-state index contributed by atoms with van der Waals surface area (Å²) in [5.41, 5.74) is 1.73. The second-order valence-corrected chi connectivity index (χ2v) is 5.03. The van der Waals surface area contributed by atoms with Gasteiger partial charge in [0.2, 0.25) is 0 Å². The average Bonchev–Trinajstić information content (AvgIpc) is 2.32. The molecule has 100 valence electrons. The normalized spacial score (nSPS) is 11.2. The molecule has 4 heteroatoms. The minimum Gasteiger partial charge on any atom is -0.507 e. The van der Waals surface area contributed by atoms with E-state index in [-0.39, 0.29) is 22.8 Å². The molecule has 1 aromatic heterocycles. The monoisotopic (exact) mass is 260 g/mol. The van der Waals surface area contributed by atoms with Gasteiger partial charge in [0.1, 0.15) is 5.75 Å². The Morgan fingerprint density at radius 2 is 1.95 bits per heavy atom. The van der Waals surface area contributed by atoms with Crippen molar-refractivity contribution in [3.8, 4) is 5.75 Å². The van der Waals surface area contributed by atoms with E-state index in [4.69, 9.17) is 4.42 Å². The highest BCUT2D eigenvalue weighted by Gasteiger charge is 2.19. The van der Waals surface area contributed by atoms with E-state index in [9.17, 15) is 14.7 Å². The summed E-state index contributed by atoms with van der Waals surface area (Å²) in [6, 6.07) is 1.74. The van der Waals surface area contributed by atoms with Crippen LogP contribution in [0.1, 0.15) is 46.8 Å². The van der Waals surface area contributed by atoms with Gasteiger partial charge < -0.3 is 9.52 Å². The van der Waals surface area contributed by atoms with Gasteiger partial charge in [-0.05, 0) is 37.0 Å². The van der Waals surface area contributed by atoms with Gasteiger partial charge in [-0.25, -0.2) is 4.79 Å². The molecule has 0 aliphatic carbocycles. The second-order valence-electron chi connectivity index (χ2n) is 5.03. The molecule has 19 heavy (non-hydrogen) atoms. The Balaban J connectivity index is 3.05. The van der Waals surface area contributed by atoms with Crippen molar-refractivity contribution in [3.05, 3.63) is 38.7 Å². The Labute approximate surface area is 110 Å². The van der Waals surface area contributed by atoms with E-state index in [1.165, 1.54) is 0 Å². The van der Waals surface area contributed by atoms with Gasteiger partial charge in [-0.2, -0.15) is 0 Å². The van der Waals surface area contributed by atoms with Crippen molar-refractivity contribution in [1.82, 2.24) is 0 Å². The summed E-state index contributed by atoms with van der Waals surface area (Å²) in [4.78, 5) is 23.1. The number of aryl methyl sites for hydroxylation is 2. The zero-order valence-corrected chi connectivity index (χ0v) is 11.4. The molecular formula is C15H16O4. The smallest absolute Gasteiger partial charge is 0.340 e. The van der Waals surface area contributed by atoms with Crippen molar-refractivity contribution >= 4 is 17.3 Å². The largest absolute Gasteiger partial charge is 0.507 e. The van der Waals surface area contributed by atoms with E-state index < -0.39 is 5.63 Å². The highest BCUT2D eigenvalue weighted by molar-refractivity contribution is 5.99. The van der Waals surface area contributed by atoms with Gasteiger partial charge in [0, 0.05) is 10.9 Å². The highest BCUT2D eigenvalue weighted by atomic mass is 16.4. The number of carbonyl (C=O) groups excluding carboxylic acids is 1. The number of phenols is 1. The number of benzene rings is 1. The maximum absolute atomic E-state index is 12.0. The van der Waals surface area contributed by atoms with E-state index in [1.807, 2.05) is 20.8 Å². The van der Waals surface area contributed by atoms with Crippen LogP contribution in [-0.4, -0.2) is 11.4 Å². The number of rotatable bonds is 2. The minimum absolute atomic E-state index is 0.0329. The Kier molecular flexibility index (Phi) is 3.18. The Morgan fingerprint density at radius 3 is 2.47 bits per heavy atom. The lowest BCUT2D eigenvalue weighted by molar-refractivity contribution is 0.112. The maximum atomic E-state index is 12.0. The van der Waals surface area contributed by atoms with Gasteiger partial charge in [0.15, 0.2) is 11.9 Å². The fourth-order valence-corrected chi connectivity index (χ4v) is 2.43. The molecule has 0 unspecified atom stereocenters. The Morgan fingerprint density at radius 1 is 1.32 bits per heavy atom. The first-order chi connectivity index (χ1) is 8.88. The molecule has 0 aliphatic rings. The summed E-state index contributed by atoms with van der Waals surface area (Å²) in [6.07, 6.45) is 0.516. The maximum Gasteiger partial charge on any atom is 0.340 e. The van der Waals surface area contributed by atoms with E-state index in [2.05, 4.69) is 0 Å². The number of phenolic OH excluding ortho intramolecular Hbond substituents is 1. The molecule has 2 aromatic rings. The van der Waals surface area contributed by atoms with E-state index in [1.54, 1.807) is 13.0 Å². The van der Waals surface area contributed by atoms with E-state index >= 15 is 0 Å². The summed E-state index contributed by atoms with van der Waals surface area (Å²) in [7, 11) is 0. The quantitative estimate of drug-likeness (QED) is 0.665.